The van der Waals surface area contributed by atoms with Gasteiger partial charge in [0.25, 0.3) is 0 Å². The Morgan fingerprint density at radius 3 is 1.73 bits per heavy atom. The van der Waals surface area contributed by atoms with Crippen molar-refractivity contribution in [1.29, 1.82) is 0 Å². The van der Waals surface area contributed by atoms with Gasteiger partial charge in [-0.1, -0.05) is 116 Å². The van der Waals surface area contributed by atoms with Crippen LogP contribution in [-0.4, -0.2) is 0 Å². The molecular weight excluding hydrogens is 400 g/mol. The van der Waals surface area contributed by atoms with Gasteiger partial charge in [0, 0.05) is 22.1 Å². The Balaban J connectivity index is 1.73. The maximum Gasteiger partial charge on any atom is 0.142 e. The molecule has 6 aromatic rings. The van der Waals surface area contributed by atoms with Crippen molar-refractivity contribution in [1.82, 2.24) is 0 Å². The largest absolute Gasteiger partial charge is 0.455 e. The summed E-state index contributed by atoms with van der Waals surface area (Å²) in [7, 11) is 0. The predicted octanol–water partition coefficient (Wildman–Crippen LogP) is 9.11. The van der Waals surface area contributed by atoms with Crippen molar-refractivity contribution in [3.8, 4) is 11.1 Å². The standard InChI is InChI=1S/C32H22O/c1-3-23-24-15-11-12-20-29(24)33-32(23)21(2)30-25-16-7-9-18-27(25)31(22-13-5-4-6-14-22)28-19-10-8-17-26(28)30/h3-20H,1-2H2. The van der Waals surface area contributed by atoms with Crippen LogP contribution >= 0.6 is 0 Å². The monoisotopic (exact) mass is 422 g/mol. The number of hydrogen-bond acceptors (Lipinski definition) is 1. The van der Waals surface area contributed by atoms with Crippen LogP contribution in [0.2, 0.25) is 0 Å². The number of fused-ring (bicyclic) bond motifs is 3. The number of benzene rings is 5. The van der Waals surface area contributed by atoms with E-state index in [1.807, 2.05) is 24.3 Å². The van der Waals surface area contributed by atoms with Gasteiger partial charge in [-0.05, 0) is 38.7 Å². The molecule has 0 aliphatic heterocycles. The third kappa shape index (κ3) is 2.94. The molecule has 6 rings (SSSR count). The van der Waals surface area contributed by atoms with Crippen molar-refractivity contribution in [2.24, 2.45) is 0 Å². The Morgan fingerprint density at radius 2 is 1.12 bits per heavy atom. The third-order valence-corrected chi connectivity index (χ3v) is 6.41. The zero-order valence-corrected chi connectivity index (χ0v) is 18.2. The van der Waals surface area contributed by atoms with Gasteiger partial charge >= 0.3 is 0 Å². The zero-order valence-electron chi connectivity index (χ0n) is 18.2. The number of para-hydroxylation sites is 1. The van der Waals surface area contributed by atoms with Crippen LogP contribution < -0.4 is 0 Å². The first-order valence-electron chi connectivity index (χ1n) is 11.1. The summed E-state index contributed by atoms with van der Waals surface area (Å²) in [6, 6.07) is 35.9. The molecule has 0 aliphatic carbocycles. The van der Waals surface area contributed by atoms with Gasteiger partial charge in [-0.3, -0.25) is 0 Å². The van der Waals surface area contributed by atoms with Crippen molar-refractivity contribution >= 4 is 44.2 Å². The molecule has 0 saturated carbocycles. The fourth-order valence-electron chi connectivity index (χ4n) is 4.98. The SMILES string of the molecule is C=Cc1c(C(=C)c2c3ccccc3c(-c3ccccc3)c3ccccc23)oc2ccccc12. The molecule has 5 aromatic carbocycles. The predicted molar refractivity (Wildman–Crippen MR) is 141 cm³/mol. The van der Waals surface area contributed by atoms with E-state index in [-0.39, 0.29) is 0 Å². The van der Waals surface area contributed by atoms with Crippen molar-refractivity contribution < 1.29 is 4.42 Å². The molecule has 1 heteroatoms. The first-order chi connectivity index (χ1) is 16.3. The Bertz CT molecular complexity index is 1630. The van der Waals surface area contributed by atoms with Crippen LogP contribution in [0.1, 0.15) is 16.9 Å². The van der Waals surface area contributed by atoms with Crippen molar-refractivity contribution in [3.05, 3.63) is 133 Å². The van der Waals surface area contributed by atoms with Gasteiger partial charge in [-0.15, -0.1) is 0 Å². The van der Waals surface area contributed by atoms with E-state index in [2.05, 4.69) is 98.1 Å². The first kappa shape index (κ1) is 19.3. The molecule has 1 heterocycles. The van der Waals surface area contributed by atoms with Crippen molar-refractivity contribution in [3.63, 3.8) is 0 Å². The molecule has 1 aromatic heterocycles. The molecule has 0 aliphatic rings. The fourth-order valence-corrected chi connectivity index (χ4v) is 4.98. The van der Waals surface area contributed by atoms with Crippen LogP contribution in [0.25, 0.3) is 55.3 Å². The molecule has 33 heavy (non-hydrogen) atoms. The molecule has 0 radical (unpaired) electrons. The molecule has 0 atom stereocenters. The molecule has 1 nitrogen and oxygen atoms in total. The molecule has 0 bridgehead atoms. The van der Waals surface area contributed by atoms with Crippen LogP contribution in [-0.2, 0) is 0 Å². The van der Waals surface area contributed by atoms with Crippen molar-refractivity contribution in [2.45, 2.75) is 0 Å². The molecule has 0 amide bonds. The van der Waals surface area contributed by atoms with Gasteiger partial charge in [0.2, 0.25) is 0 Å². The number of rotatable bonds is 4. The smallest absolute Gasteiger partial charge is 0.142 e. The Hall–Kier alpha value is -4.36. The minimum absolute atomic E-state index is 0.772. The van der Waals surface area contributed by atoms with E-state index < -0.39 is 0 Å². The first-order valence-corrected chi connectivity index (χ1v) is 11.1. The second kappa shape index (κ2) is 7.65. The zero-order chi connectivity index (χ0) is 22.4. The van der Waals surface area contributed by atoms with Gasteiger partial charge in [-0.2, -0.15) is 0 Å². The average Bonchev–Trinajstić information content (AvgIpc) is 3.26. The van der Waals surface area contributed by atoms with Crippen molar-refractivity contribution in [2.75, 3.05) is 0 Å². The molecule has 0 unspecified atom stereocenters. The summed E-state index contributed by atoms with van der Waals surface area (Å²) in [5, 5.41) is 5.79. The molecule has 0 spiro atoms. The highest BCUT2D eigenvalue weighted by molar-refractivity contribution is 6.20. The summed E-state index contributed by atoms with van der Waals surface area (Å²) in [5.41, 5.74) is 6.24. The lowest BCUT2D eigenvalue weighted by molar-refractivity contribution is 0.600. The van der Waals surface area contributed by atoms with Gasteiger partial charge < -0.3 is 4.42 Å². The van der Waals surface area contributed by atoms with E-state index in [4.69, 9.17) is 4.42 Å². The van der Waals surface area contributed by atoms with E-state index in [1.54, 1.807) is 0 Å². The highest BCUT2D eigenvalue weighted by atomic mass is 16.3. The minimum Gasteiger partial charge on any atom is -0.455 e. The van der Waals surface area contributed by atoms with Gasteiger partial charge in [-0.25, -0.2) is 0 Å². The molecule has 0 N–H and O–H groups in total. The maximum absolute atomic E-state index is 6.35. The third-order valence-electron chi connectivity index (χ3n) is 6.41. The number of hydrogen-bond donors (Lipinski definition) is 0. The highest BCUT2D eigenvalue weighted by Gasteiger charge is 2.21. The molecule has 156 valence electrons. The molecule has 0 saturated heterocycles. The summed E-state index contributed by atoms with van der Waals surface area (Å²) < 4.78 is 6.35. The second-order valence-corrected chi connectivity index (χ2v) is 8.23. The van der Waals surface area contributed by atoms with Gasteiger partial charge in [0.05, 0.1) is 0 Å². The topological polar surface area (TPSA) is 13.1 Å². The molecular formula is C32H22O. The summed E-state index contributed by atoms with van der Waals surface area (Å²) in [5.74, 6) is 0.772. The van der Waals surface area contributed by atoms with E-state index in [1.165, 1.54) is 21.9 Å². The Kier molecular flexibility index (Phi) is 4.48. The van der Waals surface area contributed by atoms with Crippen LogP contribution in [0, 0.1) is 0 Å². The van der Waals surface area contributed by atoms with E-state index >= 15 is 0 Å². The Morgan fingerprint density at radius 1 is 0.606 bits per heavy atom. The van der Waals surface area contributed by atoms with Crippen LogP contribution in [0.5, 0.6) is 0 Å². The van der Waals surface area contributed by atoms with Gasteiger partial charge in [0.15, 0.2) is 0 Å². The van der Waals surface area contributed by atoms with E-state index in [0.29, 0.717) is 0 Å². The Labute approximate surface area is 192 Å². The second-order valence-electron chi connectivity index (χ2n) is 8.23. The van der Waals surface area contributed by atoms with Crippen LogP contribution in [0.3, 0.4) is 0 Å². The number of furan rings is 1. The lowest BCUT2D eigenvalue weighted by atomic mass is 9.85. The molecule has 0 fully saturated rings. The average molecular weight is 423 g/mol. The highest BCUT2D eigenvalue weighted by Crippen LogP contribution is 2.44. The van der Waals surface area contributed by atoms with Gasteiger partial charge in [0.1, 0.15) is 11.3 Å². The lowest BCUT2D eigenvalue weighted by Crippen LogP contribution is -1.94. The van der Waals surface area contributed by atoms with Crippen LogP contribution in [0.4, 0.5) is 0 Å². The van der Waals surface area contributed by atoms with Crippen LogP contribution in [0.15, 0.2) is 121 Å². The quantitative estimate of drug-likeness (QED) is 0.258. The minimum atomic E-state index is 0.772. The maximum atomic E-state index is 6.35. The normalized spacial score (nSPS) is 11.3. The summed E-state index contributed by atoms with van der Waals surface area (Å²) in [4.78, 5) is 0. The fraction of sp³-hybridized carbons (Fsp3) is 0. The summed E-state index contributed by atoms with van der Waals surface area (Å²) >= 11 is 0. The lowest BCUT2D eigenvalue weighted by Gasteiger charge is -2.18. The summed E-state index contributed by atoms with van der Waals surface area (Å²) in [6.45, 7) is 8.63. The van der Waals surface area contributed by atoms with E-state index in [0.717, 1.165) is 44.2 Å². The summed E-state index contributed by atoms with van der Waals surface area (Å²) in [6.07, 6.45) is 1.87. The van der Waals surface area contributed by atoms with E-state index in [9.17, 15) is 0 Å².